The van der Waals surface area contributed by atoms with Gasteiger partial charge in [-0.25, -0.2) is 0 Å². The molecule has 3 nitrogen and oxygen atoms in total. The van der Waals surface area contributed by atoms with Gasteiger partial charge in [-0.2, -0.15) is 0 Å². The van der Waals surface area contributed by atoms with Crippen LogP contribution in [0.25, 0.3) is 10.9 Å². The maximum absolute atomic E-state index is 8.89. The molecule has 0 amide bonds. The molecule has 0 saturated carbocycles. The molecule has 3 heteroatoms. The van der Waals surface area contributed by atoms with E-state index in [1.165, 1.54) is 0 Å². The molecule has 3 rings (SSSR count). The third kappa shape index (κ3) is 3.38. The zero-order chi connectivity index (χ0) is 14.5. The molecule has 106 valence electrons. The smallest absolute Gasteiger partial charge is 0.119 e. The van der Waals surface area contributed by atoms with E-state index in [0.717, 1.165) is 27.8 Å². The number of rotatable bonds is 5. The molecule has 0 spiro atoms. The van der Waals surface area contributed by atoms with E-state index in [1.54, 1.807) is 6.20 Å². The largest absolute Gasteiger partial charge is 0.489 e. The van der Waals surface area contributed by atoms with Crippen molar-refractivity contribution in [2.45, 2.75) is 13.0 Å². The predicted molar refractivity (Wildman–Crippen MR) is 83.3 cm³/mol. The van der Waals surface area contributed by atoms with Gasteiger partial charge in [-0.15, -0.1) is 0 Å². The highest BCUT2D eigenvalue weighted by Gasteiger charge is 1.99. The normalized spacial score (nSPS) is 10.7. The summed E-state index contributed by atoms with van der Waals surface area (Å²) < 4.78 is 5.79. The first-order valence-corrected chi connectivity index (χ1v) is 7.01. The van der Waals surface area contributed by atoms with Crippen LogP contribution in [0.2, 0.25) is 0 Å². The van der Waals surface area contributed by atoms with E-state index >= 15 is 0 Å². The van der Waals surface area contributed by atoms with Crippen LogP contribution in [0.5, 0.6) is 5.75 Å². The molecule has 0 fully saturated rings. The Balaban J connectivity index is 1.68. The maximum atomic E-state index is 8.89. The Bertz CT molecular complexity index is 723. The van der Waals surface area contributed by atoms with E-state index in [1.807, 2.05) is 42.5 Å². The minimum atomic E-state index is 0.172. The monoisotopic (exact) mass is 279 g/mol. The van der Waals surface area contributed by atoms with E-state index in [4.69, 9.17) is 9.84 Å². The molecule has 0 aliphatic heterocycles. The van der Waals surface area contributed by atoms with E-state index in [9.17, 15) is 0 Å². The fourth-order valence-electron chi connectivity index (χ4n) is 2.26. The number of nitrogens with zero attached hydrogens (tertiary/aromatic N) is 1. The summed E-state index contributed by atoms with van der Waals surface area (Å²) in [5.41, 5.74) is 3.23. The van der Waals surface area contributed by atoms with Gasteiger partial charge in [-0.3, -0.25) is 4.98 Å². The van der Waals surface area contributed by atoms with Gasteiger partial charge in [0.15, 0.2) is 0 Å². The van der Waals surface area contributed by atoms with Gasteiger partial charge in [-0.05, 0) is 47.9 Å². The van der Waals surface area contributed by atoms with Gasteiger partial charge in [0.25, 0.3) is 0 Å². The number of fused-ring (bicyclic) bond motifs is 1. The number of benzene rings is 2. The maximum Gasteiger partial charge on any atom is 0.119 e. The molecule has 2 aromatic carbocycles. The Kier molecular flexibility index (Phi) is 4.12. The summed E-state index contributed by atoms with van der Waals surface area (Å²) in [7, 11) is 0. The van der Waals surface area contributed by atoms with Crippen LogP contribution in [-0.4, -0.2) is 16.7 Å². The molecule has 3 aromatic rings. The van der Waals surface area contributed by atoms with Crippen LogP contribution in [0.3, 0.4) is 0 Å². The second-order valence-corrected chi connectivity index (χ2v) is 4.94. The quantitative estimate of drug-likeness (QED) is 0.779. The first kappa shape index (κ1) is 13.6. The summed E-state index contributed by atoms with van der Waals surface area (Å²) in [5, 5.41) is 10.0. The molecule has 0 saturated heterocycles. The predicted octanol–water partition coefficient (Wildman–Crippen LogP) is 3.35. The van der Waals surface area contributed by atoms with Crippen LogP contribution < -0.4 is 4.74 Å². The van der Waals surface area contributed by atoms with Crippen LogP contribution >= 0.6 is 0 Å². The summed E-state index contributed by atoms with van der Waals surface area (Å²) in [6.07, 6.45) is 2.48. The first-order chi connectivity index (χ1) is 10.3. The zero-order valence-electron chi connectivity index (χ0n) is 11.7. The molecule has 0 atom stereocenters. The molecule has 0 bridgehead atoms. The lowest BCUT2D eigenvalue weighted by Gasteiger charge is -2.08. The molecule has 1 aromatic heterocycles. The number of ether oxygens (including phenoxy) is 1. The molecule has 1 heterocycles. The van der Waals surface area contributed by atoms with Crippen LogP contribution in [0.1, 0.15) is 11.1 Å². The van der Waals surface area contributed by atoms with Crippen molar-refractivity contribution in [3.05, 3.63) is 71.9 Å². The third-order valence-electron chi connectivity index (χ3n) is 3.40. The van der Waals surface area contributed by atoms with Crippen molar-refractivity contribution >= 4 is 10.9 Å². The lowest BCUT2D eigenvalue weighted by Crippen LogP contribution is -1.96. The average Bonchev–Trinajstić information content (AvgIpc) is 2.54. The van der Waals surface area contributed by atoms with E-state index < -0.39 is 0 Å². The van der Waals surface area contributed by atoms with Crippen molar-refractivity contribution in [2.75, 3.05) is 6.61 Å². The van der Waals surface area contributed by atoms with Crippen molar-refractivity contribution in [2.24, 2.45) is 0 Å². The Morgan fingerprint density at radius 1 is 0.952 bits per heavy atom. The highest BCUT2D eigenvalue weighted by atomic mass is 16.5. The van der Waals surface area contributed by atoms with Gasteiger partial charge < -0.3 is 9.84 Å². The fourth-order valence-corrected chi connectivity index (χ4v) is 2.26. The van der Waals surface area contributed by atoms with Crippen LogP contribution in [0.4, 0.5) is 0 Å². The van der Waals surface area contributed by atoms with Crippen molar-refractivity contribution in [3.63, 3.8) is 0 Å². The molecule has 1 N–H and O–H groups in total. The summed E-state index contributed by atoms with van der Waals surface area (Å²) in [5.74, 6) is 0.836. The van der Waals surface area contributed by atoms with Crippen LogP contribution in [-0.2, 0) is 13.0 Å². The Morgan fingerprint density at radius 3 is 2.57 bits per heavy atom. The minimum Gasteiger partial charge on any atom is -0.489 e. The van der Waals surface area contributed by atoms with Gasteiger partial charge in [-0.1, -0.05) is 24.3 Å². The number of aromatic nitrogens is 1. The van der Waals surface area contributed by atoms with Crippen LogP contribution in [0.15, 0.2) is 60.8 Å². The van der Waals surface area contributed by atoms with Gasteiger partial charge in [0.2, 0.25) is 0 Å². The van der Waals surface area contributed by atoms with Crippen molar-refractivity contribution in [1.29, 1.82) is 0 Å². The highest BCUT2D eigenvalue weighted by Crippen LogP contribution is 2.17. The number of hydrogen-bond donors (Lipinski definition) is 1. The Hall–Kier alpha value is -2.39. The summed E-state index contributed by atoms with van der Waals surface area (Å²) in [6.45, 7) is 0.704. The standard InChI is InChI=1S/C18H17NO2/c20-11-9-14-3-6-17(7-4-14)21-13-15-5-8-18-16(12-15)2-1-10-19-18/h1-8,10,12,20H,9,11,13H2. The number of aliphatic hydroxyl groups excluding tert-OH is 1. The SMILES string of the molecule is OCCc1ccc(OCc2ccc3ncccc3c2)cc1. The second-order valence-electron chi connectivity index (χ2n) is 4.94. The molecule has 0 radical (unpaired) electrons. The lowest BCUT2D eigenvalue weighted by atomic mass is 10.1. The lowest BCUT2D eigenvalue weighted by molar-refractivity contribution is 0.298. The Labute approximate surface area is 123 Å². The van der Waals surface area contributed by atoms with Gasteiger partial charge in [0, 0.05) is 18.2 Å². The molecule has 21 heavy (non-hydrogen) atoms. The van der Waals surface area contributed by atoms with Crippen LogP contribution in [0, 0.1) is 0 Å². The summed E-state index contributed by atoms with van der Waals surface area (Å²) in [4.78, 5) is 4.31. The summed E-state index contributed by atoms with van der Waals surface area (Å²) in [6, 6.07) is 18.0. The molecular weight excluding hydrogens is 262 g/mol. The first-order valence-electron chi connectivity index (χ1n) is 7.01. The highest BCUT2D eigenvalue weighted by molar-refractivity contribution is 5.78. The van der Waals surface area contributed by atoms with Crippen molar-refractivity contribution < 1.29 is 9.84 Å². The van der Waals surface area contributed by atoms with Gasteiger partial charge >= 0.3 is 0 Å². The van der Waals surface area contributed by atoms with Gasteiger partial charge in [0.05, 0.1) is 5.52 Å². The topological polar surface area (TPSA) is 42.4 Å². The number of pyridine rings is 1. The van der Waals surface area contributed by atoms with E-state index in [-0.39, 0.29) is 6.61 Å². The van der Waals surface area contributed by atoms with E-state index in [0.29, 0.717) is 13.0 Å². The third-order valence-corrected chi connectivity index (χ3v) is 3.40. The van der Waals surface area contributed by atoms with Crippen molar-refractivity contribution in [3.8, 4) is 5.75 Å². The van der Waals surface area contributed by atoms with Crippen molar-refractivity contribution in [1.82, 2.24) is 4.98 Å². The molecule has 0 unspecified atom stereocenters. The Morgan fingerprint density at radius 2 is 1.76 bits per heavy atom. The minimum absolute atomic E-state index is 0.172. The summed E-state index contributed by atoms with van der Waals surface area (Å²) >= 11 is 0. The molecule has 0 aliphatic rings. The van der Waals surface area contributed by atoms with E-state index in [2.05, 4.69) is 17.1 Å². The number of aliphatic hydroxyl groups is 1. The fraction of sp³-hybridized carbons (Fsp3) is 0.167. The second kappa shape index (κ2) is 6.37. The molecular formula is C18H17NO2. The number of hydrogen-bond acceptors (Lipinski definition) is 3. The average molecular weight is 279 g/mol. The zero-order valence-corrected chi connectivity index (χ0v) is 11.7. The van der Waals surface area contributed by atoms with Gasteiger partial charge in [0.1, 0.15) is 12.4 Å². The molecule has 0 aliphatic carbocycles.